The van der Waals surface area contributed by atoms with Crippen LogP contribution in [-0.2, 0) is 65.4 Å². The van der Waals surface area contributed by atoms with Crippen LogP contribution in [-0.4, -0.2) is 96.7 Å². The predicted octanol–water partition coefficient (Wildman–Crippen LogP) is 28.4. The van der Waals surface area contributed by atoms with Crippen molar-refractivity contribution in [1.29, 1.82) is 0 Å². The van der Waals surface area contributed by atoms with Gasteiger partial charge in [-0.3, -0.25) is 37.3 Å². The van der Waals surface area contributed by atoms with Crippen LogP contribution < -0.4 is 0 Å². The predicted molar refractivity (Wildman–Crippen MR) is 460 cm³/mol. The maximum absolute atomic E-state index is 13.2. The van der Waals surface area contributed by atoms with Crippen molar-refractivity contribution in [2.24, 2.45) is 17.8 Å². The quantitative estimate of drug-likeness (QED) is 0.0222. The van der Waals surface area contributed by atoms with Crippen LogP contribution in [0, 0.1) is 17.8 Å². The van der Waals surface area contributed by atoms with E-state index in [1.165, 1.54) is 302 Å². The van der Waals surface area contributed by atoms with Crippen LogP contribution >= 0.6 is 15.6 Å². The number of hydrogen-bond donors (Lipinski definition) is 3. The van der Waals surface area contributed by atoms with Crippen molar-refractivity contribution in [2.45, 2.75) is 510 Å². The zero-order valence-electron chi connectivity index (χ0n) is 73.4. The van der Waals surface area contributed by atoms with Gasteiger partial charge in [-0.05, 0) is 43.4 Å². The Hall–Kier alpha value is -1.94. The maximum Gasteiger partial charge on any atom is 0.472 e. The van der Waals surface area contributed by atoms with E-state index in [0.29, 0.717) is 25.7 Å². The summed E-state index contributed by atoms with van der Waals surface area (Å²) in [5, 5.41) is 10.7. The molecule has 0 aliphatic heterocycles. The number of esters is 4. The van der Waals surface area contributed by atoms with Crippen LogP contribution in [0.5, 0.6) is 0 Å². The fourth-order valence-corrected chi connectivity index (χ4v) is 16.0. The van der Waals surface area contributed by atoms with Gasteiger partial charge in [0.25, 0.3) is 0 Å². The van der Waals surface area contributed by atoms with Gasteiger partial charge in [0.15, 0.2) is 12.2 Å². The van der Waals surface area contributed by atoms with Crippen molar-refractivity contribution in [3.05, 3.63) is 0 Å². The van der Waals surface area contributed by atoms with E-state index >= 15 is 0 Å². The van der Waals surface area contributed by atoms with Crippen LogP contribution in [0.25, 0.3) is 0 Å². The average Bonchev–Trinajstić information content (AvgIpc) is 0.898. The molecule has 660 valence electrons. The molecule has 0 aliphatic rings. The van der Waals surface area contributed by atoms with E-state index in [2.05, 4.69) is 48.5 Å². The van der Waals surface area contributed by atoms with Crippen LogP contribution in [0.3, 0.4) is 0 Å². The highest BCUT2D eigenvalue weighted by Gasteiger charge is 2.31. The third kappa shape index (κ3) is 85.8. The molecule has 0 saturated carbocycles. The fraction of sp³-hybridized carbons (Fsp3) is 0.957. The number of aliphatic hydroxyl groups excluding tert-OH is 1. The number of aliphatic hydroxyl groups is 1. The number of carbonyl (C=O) groups excluding carboxylic acids is 4. The first-order valence-electron chi connectivity index (χ1n) is 47.3. The summed E-state index contributed by atoms with van der Waals surface area (Å²) < 4.78 is 69.1. The minimum Gasteiger partial charge on any atom is -0.462 e. The van der Waals surface area contributed by atoms with E-state index in [-0.39, 0.29) is 25.7 Å². The molecule has 0 aromatic heterocycles. The minimum absolute atomic E-state index is 0.108. The molecule has 0 bridgehead atoms. The maximum atomic E-state index is 13.2. The second kappa shape index (κ2) is 81.8. The smallest absolute Gasteiger partial charge is 0.462 e. The Bertz CT molecular complexity index is 2130. The molecule has 3 N–H and O–H groups in total. The Morgan fingerprint density at radius 3 is 0.613 bits per heavy atom. The molecule has 0 radical (unpaired) electrons. The molecule has 17 nitrogen and oxygen atoms in total. The molecule has 0 aromatic rings. The molecule has 0 amide bonds. The zero-order valence-corrected chi connectivity index (χ0v) is 75.2. The lowest BCUT2D eigenvalue weighted by molar-refractivity contribution is -0.161. The Kier molecular flexibility index (Phi) is 80.4. The Morgan fingerprint density at radius 2 is 0.414 bits per heavy atom. The van der Waals surface area contributed by atoms with Gasteiger partial charge in [-0.25, -0.2) is 9.13 Å². The molecule has 0 spiro atoms. The lowest BCUT2D eigenvalue weighted by Crippen LogP contribution is -2.30. The number of phosphoric ester groups is 2. The van der Waals surface area contributed by atoms with Crippen molar-refractivity contribution in [1.82, 2.24) is 0 Å². The van der Waals surface area contributed by atoms with Crippen molar-refractivity contribution in [3.8, 4) is 0 Å². The molecule has 0 fully saturated rings. The molecular formula is C92H180O17P2. The normalized spacial score (nSPS) is 13.8. The monoisotopic (exact) mass is 1620 g/mol. The summed E-state index contributed by atoms with van der Waals surface area (Å²) in [7, 11) is -9.94. The van der Waals surface area contributed by atoms with Gasteiger partial charge in [0.05, 0.1) is 26.4 Å². The van der Waals surface area contributed by atoms with E-state index in [9.17, 15) is 43.2 Å². The van der Waals surface area contributed by atoms with E-state index in [4.69, 9.17) is 37.0 Å². The topological polar surface area (TPSA) is 237 Å². The molecule has 19 heteroatoms. The Balaban J connectivity index is 5.26. The molecule has 0 heterocycles. The van der Waals surface area contributed by atoms with Gasteiger partial charge in [-0.1, -0.05) is 440 Å². The fourth-order valence-electron chi connectivity index (χ4n) is 14.4. The summed E-state index contributed by atoms with van der Waals surface area (Å²) >= 11 is 0. The highest BCUT2D eigenvalue weighted by molar-refractivity contribution is 7.47. The number of ether oxygens (including phenoxy) is 4. The number of carbonyl (C=O) groups is 4. The summed E-state index contributed by atoms with van der Waals surface area (Å²) in [4.78, 5) is 73.5. The van der Waals surface area contributed by atoms with Crippen LogP contribution in [0.15, 0.2) is 0 Å². The third-order valence-electron chi connectivity index (χ3n) is 21.6. The van der Waals surface area contributed by atoms with E-state index in [1.54, 1.807) is 0 Å². The molecule has 5 atom stereocenters. The molecule has 0 aromatic carbocycles. The highest BCUT2D eigenvalue weighted by Crippen LogP contribution is 2.45. The lowest BCUT2D eigenvalue weighted by Gasteiger charge is -2.21. The SMILES string of the molecule is CCCCCCCCCCCCCCCC(=O)OC[C@H](COP(=O)(O)OC[C@H](O)COP(=O)(O)OC[C@@H](COC(=O)CCCCCCCCCCCCCCCCCCC(C)C)OC(=O)CCCCCCCCCCCCCCCCCCCCC(C)C)OC(=O)CCCCCCCCCCCCCCCCCC(C)C. The van der Waals surface area contributed by atoms with Gasteiger partial charge < -0.3 is 33.8 Å². The van der Waals surface area contributed by atoms with Crippen LogP contribution in [0.1, 0.15) is 492 Å². The Morgan fingerprint density at radius 1 is 0.243 bits per heavy atom. The lowest BCUT2D eigenvalue weighted by atomic mass is 10.0. The van der Waals surface area contributed by atoms with E-state index in [1.807, 2.05) is 0 Å². The van der Waals surface area contributed by atoms with Gasteiger partial charge in [-0.2, -0.15) is 0 Å². The second-order valence-corrected chi connectivity index (χ2v) is 37.4. The van der Waals surface area contributed by atoms with Crippen molar-refractivity contribution in [2.75, 3.05) is 39.6 Å². The van der Waals surface area contributed by atoms with Crippen molar-refractivity contribution in [3.63, 3.8) is 0 Å². The number of unbranched alkanes of at least 4 members (excludes halogenated alkanes) is 58. The second-order valence-electron chi connectivity index (χ2n) is 34.5. The largest absolute Gasteiger partial charge is 0.472 e. The van der Waals surface area contributed by atoms with E-state index in [0.717, 1.165) is 108 Å². The highest BCUT2D eigenvalue weighted by atomic mass is 31.2. The summed E-state index contributed by atoms with van der Waals surface area (Å²) in [6.07, 6.45) is 74.9. The molecule has 2 unspecified atom stereocenters. The average molecular weight is 1620 g/mol. The molecule has 0 saturated heterocycles. The molecular weight excluding hydrogens is 1440 g/mol. The number of hydrogen-bond acceptors (Lipinski definition) is 15. The summed E-state index contributed by atoms with van der Waals surface area (Å²) in [6, 6.07) is 0. The first-order chi connectivity index (χ1) is 53.7. The van der Waals surface area contributed by atoms with Gasteiger partial charge in [0, 0.05) is 25.7 Å². The Labute approximate surface area is 683 Å². The van der Waals surface area contributed by atoms with Crippen LogP contribution in [0.2, 0.25) is 0 Å². The zero-order chi connectivity index (χ0) is 81.5. The summed E-state index contributed by atoms with van der Waals surface area (Å²) in [6.45, 7) is 12.1. The molecule has 0 aliphatic carbocycles. The van der Waals surface area contributed by atoms with Gasteiger partial charge >= 0.3 is 39.5 Å². The number of rotatable bonds is 90. The van der Waals surface area contributed by atoms with Gasteiger partial charge in [-0.15, -0.1) is 0 Å². The van der Waals surface area contributed by atoms with Gasteiger partial charge in [0.1, 0.15) is 19.3 Å². The minimum atomic E-state index is -4.97. The third-order valence-corrected chi connectivity index (χ3v) is 23.5. The summed E-state index contributed by atoms with van der Waals surface area (Å²) in [5.41, 5.74) is 0. The standard InChI is InChI=1S/C92H180O17P2/c1-8-9-10-11-12-13-14-28-38-45-52-59-66-73-89(94)102-79-87(108-92(97)76-69-62-55-48-41-34-27-21-24-31-37-44-51-58-65-72-85(6)7)81-106-110(98,99)104-77-86(93)78-105-111(100,101)107-82-88(80-103-90(95)74-67-60-53-46-39-32-25-20-19-23-30-36-43-50-57-64-71-84(4)5)109-91(96)75-68-61-54-47-40-33-26-18-16-15-17-22-29-35-42-49-56-63-70-83(2)3/h83-88,93H,8-82H2,1-7H3,(H,98,99)(H,100,101)/t86-,87+,88+/m0/s1. The van der Waals surface area contributed by atoms with E-state index < -0.39 is 97.5 Å². The van der Waals surface area contributed by atoms with Crippen molar-refractivity contribution >= 4 is 39.5 Å². The first kappa shape index (κ1) is 109. The molecule has 111 heavy (non-hydrogen) atoms. The van der Waals surface area contributed by atoms with Crippen molar-refractivity contribution < 1.29 is 80.2 Å². The van der Waals surface area contributed by atoms with Crippen LogP contribution in [0.4, 0.5) is 0 Å². The number of phosphoric acid groups is 2. The van der Waals surface area contributed by atoms with Gasteiger partial charge in [0.2, 0.25) is 0 Å². The first-order valence-corrected chi connectivity index (χ1v) is 50.3. The molecule has 0 rings (SSSR count). The summed E-state index contributed by atoms with van der Waals surface area (Å²) in [5.74, 6) is 0.341.